The van der Waals surface area contributed by atoms with Gasteiger partial charge >= 0.3 is 0 Å². The highest BCUT2D eigenvalue weighted by atomic mass is 19.1. The molecule has 138 valence electrons. The van der Waals surface area contributed by atoms with Crippen LogP contribution in [0.1, 0.15) is 27.3 Å². The molecule has 5 nitrogen and oxygen atoms in total. The van der Waals surface area contributed by atoms with Crippen LogP contribution >= 0.6 is 0 Å². The highest BCUT2D eigenvalue weighted by Crippen LogP contribution is 2.21. The summed E-state index contributed by atoms with van der Waals surface area (Å²) < 4.78 is 21.1. The monoisotopic (exact) mass is 365 g/mol. The number of hydrazone groups is 1. The topological polar surface area (TPSA) is 55.6 Å². The molecule has 2 aromatic carbocycles. The third-order valence-electron chi connectivity index (χ3n) is 4.27. The van der Waals surface area contributed by atoms with Crippen LogP contribution in [-0.2, 0) is 0 Å². The zero-order valence-electron chi connectivity index (χ0n) is 15.4. The van der Waals surface area contributed by atoms with Gasteiger partial charge in [0.25, 0.3) is 5.91 Å². The number of carbonyl (C=O) groups is 1. The van der Waals surface area contributed by atoms with E-state index in [9.17, 15) is 9.18 Å². The molecule has 0 atom stereocenters. The van der Waals surface area contributed by atoms with E-state index in [2.05, 4.69) is 10.5 Å². The number of nitrogens with zero attached hydrogens (tertiary/aromatic N) is 2. The van der Waals surface area contributed by atoms with Crippen molar-refractivity contribution in [1.29, 1.82) is 0 Å². The number of para-hydroxylation sites is 1. The Balaban J connectivity index is 1.79. The van der Waals surface area contributed by atoms with Crippen molar-refractivity contribution >= 4 is 12.1 Å². The Kier molecular flexibility index (Phi) is 5.35. The van der Waals surface area contributed by atoms with Crippen LogP contribution < -0.4 is 10.2 Å². The Bertz CT molecular complexity index is 1010. The SMILES string of the molecule is COc1cccc(C(=O)N/N=C\c2cc(C)n(-c3ccccc3F)c2C)c1. The van der Waals surface area contributed by atoms with Gasteiger partial charge in [-0.05, 0) is 50.2 Å². The molecule has 1 amide bonds. The predicted octanol–water partition coefficient (Wildman–Crippen LogP) is 4.01. The maximum Gasteiger partial charge on any atom is 0.271 e. The van der Waals surface area contributed by atoms with Crippen LogP contribution in [0.2, 0.25) is 0 Å². The van der Waals surface area contributed by atoms with E-state index in [0.29, 0.717) is 17.0 Å². The van der Waals surface area contributed by atoms with Crippen molar-refractivity contribution in [3.8, 4) is 11.4 Å². The summed E-state index contributed by atoms with van der Waals surface area (Å²) in [6.45, 7) is 3.77. The summed E-state index contributed by atoms with van der Waals surface area (Å²) >= 11 is 0. The minimum Gasteiger partial charge on any atom is -0.497 e. The van der Waals surface area contributed by atoms with Crippen molar-refractivity contribution in [2.45, 2.75) is 13.8 Å². The first-order valence-corrected chi connectivity index (χ1v) is 8.42. The normalized spacial score (nSPS) is 11.0. The van der Waals surface area contributed by atoms with E-state index in [4.69, 9.17) is 4.74 Å². The molecule has 0 saturated carbocycles. The summed E-state index contributed by atoms with van der Waals surface area (Å²) in [6.07, 6.45) is 1.55. The molecule has 1 heterocycles. The lowest BCUT2D eigenvalue weighted by atomic mass is 10.2. The fourth-order valence-electron chi connectivity index (χ4n) is 2.91. The Labute approximate surface area is 157 Å². The molecule has 3 rings (SSSR count). The second-order valence-electron chi connectivity index (χ2n) is 6.04. The fourth-order valence-corrected chi connectivity index (χ4v) is 2.91. The maximum atomic E-state index is 14.1. The van der Waals surface area contributed by atoms with Gasteiger partial charge in [0.15, 0.2) is 0 Å². The smallest absolute Gasteiger partial charge is 0.271 e. The Morgan fingerprint density at radius 3 is 2.67 bits per heavy atom. The van der Waals surface area contributed by atoms with Gasteiger partial charge in [0.2, 0.25) is 0 Å². The van der Waals surface area contributed by atoms with Crippen molar-refractivity contribution in [1.82, 2.24) is 9.99 Å². The molecule has 1 aromatic heterocycles. The van der Waals surface area contributed by atoms with Gasteiger partial charge in [-0.25, -0.2) is 9.82 Å². The summed E-state index contributed by atoms with van der Waals surface area (Å²) in [4.78, 5) is 12.2. The van der Waals surface area contributed by atoms with E-state index in [1.165, 1.54) is 6.07 Å². The molecule has 0 spiro atoms. The van der Waals surface area contributed by atoms with E-state index in [1.807, 2.05) is 24.5 Å². The predicted molar refractivity (Wildman–Crippen MR) is 103 cm³/mol. The van der Waals surface area contributed by atoms with E-state index in [-0.39, 0.29) is 11.7 Å². The number of halogens is 1. The van der Waals surface area contributed by atoms with Gasteiger partial charge in [-0.15, -0.1) is 0 Å². The first kappa shape index (κ1) is 18.4. The second-order valence-corrected chi connectivity index (χ2v) is 6.04. The standard InChI is InChI=1S/C21H20FN3O2/c1-14-11-17(15(2)25(14)20-10-5-4-9-19(20)22)13-23-24-21(26)16-7-6-8-18(12-16)27-3/h4-13H,1-3H3,(H,24,26)/b23-13-. The number of aromatic nitrogens is 1. The van der Waals surface area contributed by atoms with Crippen LogP contribution in [0.4, 0.5) is 4.39 Å². The van der Waals surface area contributed by atoms with Crippen molar-refractivity contribution in [2.24, 2.45) is 5.10 Å². The molecule has 0 aliphatic rings. The fraction of sp³-hybridized carbons (Fsp3) is 0.143. The molecule has 0 aliphatic carbocycles. The Morgan fingerprint density at radius 2 is 1.93 bits per heavy atom. The summed E-state index contributed by atoms with van der Waals surface area (Å²) in [6, 6.07) is 15.3. The molecule has 0 aliphatic heterocycles. The minimum absolute atomic E-state index is 0.297. The maximum absolute atomic E-state index is 14.1. The molecule has 0 unspecified atom stereocenters. The van der Waals surface area contributed by atoms with Crippen molar-refractivity contribution in [2.75, 3.05) is 7.11 Å². The molecule has 27 heavy (non-hydrogen) atoms. The van der Waals surface area contributed by atoms with Crippen LogP contribution in [0.5, 0.6) is 5.75 Å². The highest BCUT2D eigenvalue weighted by Gasteiger charge is 2.12. The van der Waals surface area contributed by atoms with Crippen LogP contribution in [0.15, 0.2) is 59.7 Å². The number of ether oxygens (including phenoxy) is 1. The van der Waals surface area contributed by atoms with Gasteiger partial charge < -0.3 is 9.30 Å². The lowest BCUT2D eigenvalue weighted by Crippen LogP contribution is -2.17. The number of hydrogen-bond acceptors (Lipinski definition) is 3. The van der Waals surface area contributed by atoms with Gasteiger partial charge in [0.05, 0.1) is 19.0 Å². The Hall–Kier alpha value is -3.41. The van der Waals surface area contributed by atoms with Crippen LogP contribution in [0.3, 0.4) is 0 Å². The molecule has 3 aromatic rings. The number of aryl methyl sites for hydroxylation is 1. The van der Waals surface area contributed by atoms with E-state index in [0.717, 1.165) is 17.0 Å². The number of carbonyl (C=O) groups excluding carboxylic acids is 1. The van der Waals surface area contributed by atoms with Gasteiger partial charge in [-0.3, -0.25) is 4.79 Å². The summed E-state index contributed by atoms with van der Waals surface area (Å²) in [5, 5.41) is 4.03. The lowest BCUT2D eigenvalue weighted by molar-refractivity contribution is 0.0955. The zero-order chi connectivity index (χ0) is 19.4. The molecule has 6 heteroatoms. The quantitative estimate of drug-likeness (QED) is 0.549. The van der Waals surface area contributed by atoms with Gasteiger partial charge in [-0.1, -0.05) is 18.2 Å². The van der Waals surface area contributed by atoms with Crippen molar-refractivity contribution in [3.05, 3.63) is 82.9 Å². The zero-order valence-corrected chi connectivity index (χ0v) is 15.4. The number of hydrogen-bond donors (Lipinski definition) is 1. The van der Waals surface area contributed by atoms with E-state index in [1.54, 1.807) is 55.8 Å². The second kappa shape index (κ2) is 7.86. The Morgan fingerprint density at radius 1 is 1.15 bits per heavy atom. The third-order valence-corrected chi connectivity index (χ3v) is 4.27. The number of rotatable bonds is 5. The average Bonchev–Trinajstić information content (AvgIpc) is 2.95. The van der Waals surface area contributed by atoms with Crippen molar-refractivity contribution in [3.63, 3.8) is 0 Å². The molecule has 0 fully saturated rings. The first-order valence-electron chi connectivity index (χ1n) is 8.42. The van der Waals surface area contributed by atoms with Gasteiger partial charge in [0, 0.05) is 22.5 Å². The molecule has 0 bridgehead atoms. The van der Waals surface area contributed by atoms with Gasteiger partial charge in [0.1, 0.15) is 11.6 Å². The first-order chi connectivity index (χ1) is 13.0. The lowest BCUT2D eigenvalue weighted by Gasteiger charge is -2.10. The number of nitrogens with one attached hydrogen (secondary N) is 1. The highest BCUT2D eigenvalue weighted by molar-refractivity contribution is 5.95. The molecule has 1 N–H and O–H groups in total. The van der Waals surface area contributed by atoms with Crippen LogP contribution in [0, 0.1) is 19.7 Å². The minimum atomic E-state index is -0.340. The summed E-state index contributed by atoms with van der Waals surface area (Å²) in [5.74, 6) is -0.0396. The van der Waals surface area contributed by atoms with Crippen LogP contribution in [0.25, 0.3) is 5.69 Å². The van der Waals surface area contributed by atoms with E-state index < -0.39 is 0 Å². The number of benzene rings is 2. The molecule has 0 radical (unpaired) electrons. The van der Waals surface area contributed by atoms with E-state index >= 15 is 0 Å². The van der Waals surface area contributed by atoms with Crippen molar-refractivity contribution < 1.29 is 13.9 Å². The average molecular weight is 365 g/mol. The molecular formula is C21H20FN3O2. The largest absolute Gasteiger partial charge is 0.497 e. The number of methoxy groups -OCH3 is 1. The summed E-state index contributed by atoms with van der Waals surface area (Å²) in [7, 11) is 1.54. The van der Waals surface area contributed by atoms with Gasteiger partial charge in [-0.2, -0.15) is 5.10 Å². The van der Waals surface area contributed by atoms with Crippen LogP contribution in [-0.4, -0.2) is 23.8 Å². The number of amides is 1. The molecule has 0 saturated heterocycles. The third kappa shape index (κ3) is 3.89. The summed E-state index contributed by atoms with van der Waals surface area (Å²) in [5.41, 5.74) is 5.92. The molecular weight excluding hydrogens is 345 g/mol.